The van der Waals surface area contributed by atoms with Gasteiger partial charge in [-0.15, -0.1) is 0 Å². The van der Waals surface area contributed by atoms with Crippen molar-refractivity contribution < 1.29 is 13.2 Å². The Bertz CT molecular complexity index is 642. The van der Waals surface area contributed by atoms with Crippen LogP contribution in [0.25, 0.3) is 0 Å². The number of sulfonamides is 1. The minimum atomic E-state index is -3.54. The molecular weight excluding hydrogens is 300 g/mol. The smallest absolute Gasteiger partial charge is 0.243 e. The van der Waals surface area contributed by atoms with Crippen LogP contribution in [-0.4, -0.2) is 31.7 Å². The molecule has 0 aliphatic carbocycles. The van der Waals surface area contributed by atoms with Crippen molar-refractivity contribution in [2.24, 2.45) is 5.41 Å². The number of aryl methyl sites for hydroxylation is 1. The molecule has 0 unspecified atom stereocenters. The van der Waals surface area contributed by atoms with Crippen molar-refractivity contribution in [3.63, 3.8) is 0 Å². The summed E-state index contributed by atoms with van der Waals surface area (Å²) in [5, 5.41) is 2.77. The van der Waals surface area contributed by atoms with E-state index in [0.29, 0.717) is 24.3 Å². The number of rotatable bonds is 5. The van der Waals surface area contributed by atoms with Crippen LogP contribution >= 0.6 is 0 Å². The molecule has 6 heteroatoms. The number of benzene rings is 1. The van der Waals surface area contributed by atoms with Crippen LogP contribution in [0.4, 0.5) is 5.69 Å². The lowest BCUT2D eigenvalue weighted by Crippen LogP contribution is -2.31. The van der Waals surface area contributed by atoms with Gasteiger partial charge in [-0.25, -0.2) is 8.42 Å². The van der Waals surface area contributed by atoms with Crippen LogP contribution in [0.15, 0.2) is 23.1 Å². The predicted molar refractivity (Wildman–Crippen MR) is 89.4 cm³/mol. The van der Waals surface area contributed by atoms with E-state index in [1.165, 1.54) is 10.4 Å². The van der Waals surface area contributed by atoms with Gasteiger partial charge in [0.25, 0.3) is 0 Å². The first-order valence-electron chi connectivity index (χ1n) is 7.46. The molecule has 1 aromatic carbocycles. The summed E-state index contributed by atoms with van der Waals surface area (Å²) < 4.78 is 26.7. The van der Waals surface area contributed by atoms with Gasteiger partial charge in [-0.3, -0.25) is 4.79 Å². The molecular formula is C16H26N2O3S. The SMILES string of the molecule is CCN(CC)S(=O)(=O)c1cc(NC(=O)C(C)(C)C)ccc1C. The van der Waals surface area contributed by atoms with Crippen molar-refractivity contribution in [1.29, 1.82) is 0 Å². The van der Waals surface area contributed by atoms with Gasteiger partial charge < -0.3 is 5.32 Å². The second-order valence-corrected chi connectivity index (χ2v) is 8.18. The van der Waals surface area contributed by atoms with Crippen LogP contribution in [0.3, 0.4) is 0 Å². The fraction of sp³-hybridized carbons (Fsp3) is 0.562. The summed E-state index contributed by atoms with van der Waals surface area (Å²) in [6.07, 6.45) is 0. The van der Waals surface area contributed by atoms with E-state index in [1.807, 2.05) is 34.6 Å². The lowest BCUT2D eigenvalue weighted by atomic mass is 9.95. The standard InChI is InChI=1S/C16H26N2O3S/c1-7-18(8-2)22(20,21)14-11-13(10-9-12(14)3)17-15(19)16(4,5)6/h9-11H,7-8H2,1-6H3,(H,17,19). The predicted octanol–water partition coefficient (Wildman–Crippen LogP) is 3.01. The molecule has 0 aliphatic heterocycles. The van der Waals surface area contributed by atoms with Crippen LogP contribution in [0.1, 0.15) is 40.2 Å². The minimum Gasteiger partial charge on any atom is -0.326 e. The molecule has 0 bridgehead atoms. The summed E-state index contributed by atoms with van der Waals surface area (Å²) >= 11 is 0. The Balaban J connectivity index is 3.24. The third kappa shape index (κ3) is 4.08. The van der Waals surface area contributed by atoms with E-state index in [-0.39, 0.29) is 10.8 Å². The van der Waals surface area contributed by atoms with Crippen LogP contribution in [0, 0.1) is 12.3 Å². The molecule has 0 radical (unpaired) electrons. The molecule has 0 atom stereocenters. The van der Waals surface area contributed by atoms with Crippen molar-refractivity contribution in [3.8, 4) is 0 Å². The van der Waals surface area contributed by atoms with Crippen LogP contribution < -0.4 is 5.32 Å². The summed E-state index contributed by atoms with van der Waals surface area (Å²) in [7, 11) is -3.54. The van der Waals surface area contributed by atoms with E-state index < -0.39 is 15.4 Å². The second-order valence-electron chi connectivity index (χ2n) is 6.27. The third-order valence-electron chi connectivity index (χ3n) is 3.45. The Labute approximate surface area is 133 Å². The van der Waals surface area contributed by atoms with E-state index in [9.17, 15) is 13.2 Å². The molecule has 22 heavy (non-hydrogen) atoms. The summed E-state index contributed by atoms with van der Waals surface area (Å²) in [5.41, 5.74) is 0.625. The molecule has 0 heterocycles. The minimum absolute atomic E-state index is 0.150. The third-order valence-corrected chi connectivity index (χ3v) is 5.64. The van der Waals surface area contributed by atoms with E-state index in [0.717, 1.165) is 0 Å². The van der Waals surface area contributed by atoms with Crippen molar-refractivity contribution in [1.82, 2.24) is 4.31 Å². The molecule has 124 valence electrons. The number of amides is 1. The Morgan fingerprint density at radius 1 is 1.18 bits per heavy atom. The van der Waals surface area contributed by atoms with Crippen molar-refractivity contribution in [2.45, 2.75) is 46.4 Å². The quantitative estimate of drug-likeness (QED) is 0.904. The highest BCUT2D eigenvalue weighted by Gasteiger charge is 2.25. The van der Waals surface area contributed by atoms with Crippen molar-refractivity contribution in [2.75, 3.05) is 18.4 Å². The highest BCUT2D eigenvalue weighted by atomic mass is 32.2. The average molecular weight is 326 g/mol. The van der Waals surface area contributed by atoms with E-state index in [2.05, 4.69) is 5.32 Å². The molecule has 1 N–H and O–H groups in total. The molecule has 0 fully saturated rings. The van der Waals surface area contributed by atoms with Gasteiger partial charge in [-0.2, -0.15) is 4.31 Å². The van der Waals surface area contributed by atoms with Crippen LogP contribution in [0.5, 0.6) is 0 Å². The summed E-state index contributed by atoms with van der Waals surface area (Å²) in [5.74, 6) is -0.150. The molecule has 0 saturated carbocycles. The molecule has 1 amide bonds. The van der Waals surface area contributed by atoms with Gasteiger partial charge >= 0.3 is 0 Å². The maximum Gasteiger partial charge on any atom is 0.243 e. The van der Waals surface area contributed by atoms with Gasteiger partial charge in [0.2, 0.25) is 15.9 Å². The summed E-state index contributed by atoms with van der Waals surface area (Å²) in [6.45, 7) is 11.6. The Hall–Kier alpha value is -1.40. The monoisotopic (exact) mass is 326 g/mol. The molecule has 0 aliphatic rings. The van der Waals surface area contributed by atoms with Gasteiger partial charge in [0.1, 0.15) is 0 Å². The van der Waals surface area contributed by atoms with Crippen molar-refractivity contribution >= 4 is 21.6 Å². The first-order chi connectivity index (χ1) is 10.0. The second kappa shape index (κ2) is 6.79. The lowest BCUT2D eigenvalue weighted by Gasteiger charge is -2.21. The Morgan fingerprint density at radius 3 is 2.18 bits per heavy atom. The van der Waals surface area contributed by atoms with E-state index >= 15 is 0 Å². The molecule has 0 spiro atoms. The molecule has 0 saturated heterocycles. The number of nitrogens with zero attached hydrogens (tertiary/aromatic N) is 1. The van der Waals surface area contributed by atoms with Crippen molar-refractivity contribution in [3.05, 3.63) is 23.8 Å². The highest BCUT2D eigenvalue weighted by molar-refractivity contribution is 7.89. The van der Waals surface area contributed by atoms with Gasteiger partial charge in [0, 0.05) is 24.2 Å². The maximum atomic E-state index is 12.7. The summed E-state index contributed by atoms with van der Waals surface area (Å²) in [4.78, 5) is 12.3. The number of hydrogen-bond acceptors (Lipinski definition) is 3. The van der Waals surface area contributed by atoms with Gasteiger partial charge in [-0.1, -0.05) is 40.7 Å². The zero-order valence-electron chi connectivity index (χ0n) is 14.2. The number of anilines is 1. The van der Waals surface area contributed by atoms with Crippen LogP contribution in [0.2, 0.25) is 0 Å². The van der Waals surface area contributed by atoms with Crippen LogP contribution in [-0.2, 0) is 14.8 Å². The number of carbonyl (C=O) groups is 1. The van der Waals surface area contributed by atoms with E-state index in [4.69, 9.17) is 0 Å². The topological polar surface area (TPSA) is 66.5 Å². The van der Waals surface area contributed by atoms with Gasteiger partial charge in [-0.05, 0) is 24.6 Å². The normalized spacial score (nSPS) is 12.5. The Morgan fingerprint density at radius 2 is 1.73 bits per heavy atom. The summed E-state index contributed by atoms with van der Waals surface area (Å²) in [6, 6.07) is 4.97. The zero-order valence-corrected chi connectivity index (χ0v) is 15.0. The average Bonchev–Trinajstić information content (AvgIpc) is 2.40. The van der Waals surface area contributed by atoms with Gasteiger partial charge in [0.15, 0.2) is 0 Å². The Kier molecular flexibility index (Phi) is 5.76. The fourth-order valence-electron chi connectivity index (χ4n) is 1.98. The fourth-order valence-corrected chi connectivity index (χ4v) is 3.69. The molecule has 1 rings (SSSR count). The number of carbonyl (C=O) groups excluding carboxylic acids is 1. The molecule has 0 aromatic heterocycles. The first kappa shape index (κ1) is 18.6. The highest BCUT2D eigenvalue weighted by Crippen LogP contribution is 2.25. The maximum absolute atomic E-state index is 12.7. The molecule has 5 nitrogen and oxygen atoms in total. The largest absolute Gasteiger partial charge is 0.326 e. The first-order valence-corrected chi connectivity index (χ1v) is 8.90. The zero-order chi connectivity index (χ0) is 17.1. The lowest BCUT2D eigenvalue weighted by molar-refractivity contribution is -0.123. The number of nitrogens with one attached hydrogen (secondary N) is 1. The van der Waals surface area contributed by atoms with E-state index in [1.54, 1.807) is 19.1 Å². The number of hydrogen-bond donors (Lipinski definition) is 1. The van der Waals surface area contributed by atoms with Gasteiger partial charge in [0.05, 0.1) is 4.90 Å². The molecule has 1 aromatic rings.